The predicted octanol–water partition coefficient (Wildman–Crippen LogP) is 4.16. The summed E-state index contributed by atoms with van der Waals surface area (Å²) >= 11 is 5.98. The minimum absolute atomic E-state index is 0.165. The van der Waals surface area contributed by atoms with Crippen LogP contribution in [0, 0.1) is 0 Å². The first-order chi connectivity index (χ1) is 12.2. The van der Waals surface area contributed by atoms with Crippen LogP contribution in [0.15, 0.2) is 42.5 Å². The van der Waals surface area contributed by atoms with Crippen LogP contribution in [-0.2, 0) is 4.74 Å². The van der Waals surface area contributed by atoms with E-state index in [0.29, 0.717) is 34.4 Å². The van der Waals surface area contributed by atoms with Crippen molar-refractivity contribution in [3.63, 3.8) is 0 Å². The Hall–Kier alpha value is -2.24. The normalized spacial score (nSPS) is 16.5. The SMILES string of the molecule is COc1ccc(Cl)cc1NC(=O)c1ccc(OCC2CCCO2)cc1. The summed E-state index contributed by atoms with van der Waals surface area (Å²) in [5.41, 5.74) is 1.05. The van der Waals surface area contributed by atoms with Crippen LogP contribution in [0.1, 0.15) is 23.2 Å². The van der Waals surface area contributed by atoms with Crippen LogP contribution in [0.5, 0.6) is 11.5 Å². The second-order valence-corrected chi connectivity index (χ2v) is 6.21. The Bertz CT molecular complexity index is 727. The van der Waals surface area contributed by atoms with E-state index >= 15 is 0 Å². The summed E-state index contributed by atoms with van der Waals surface area (Å²) in [5.74, 6) is 1.02. The van der Waals surface area contributed by atoms with Gasteiger partial charge in [-0.3, -0.25) is 4.79 Å². The third kappa shape index (κ3) is 4.65. The van der Waals surface area contributed by atoms with E-state index in [0.717, 1.165) is 19.4 Å². The lowest BCUT2D eigenvalue weighted by Crippen LogP contribution is -2.16. The maximum Gasteiger partial charge on any atom is 0.255 e. The fourth-order valence-corrected chi connectivity index (χ4v) is 2.81. The van der Waals surface area contributed by atoms with Gasteiger partial charge in [-0.05, 0) is 55.3 Å². The fourth-order valence-electron chi connectivity index (χ4n) is 2.64. The molecule has 3 rings (SSSR count). The largest absolute Gasteiger partial charge is 0.495 e. The van der Waals surface area contributed by atoms with Crippen molar-refractivity contribution in [3.05, 3.63) is 53.1 Å². The van der Waals surface area contributed by atoms with Crippen LogP contribution in [0.3, 0.4) is 0 Å². The third-order valence-electron chi connectivity index (χ3n) is 3.99. The molecule has 0 aliphatic carbocycles. The van der Waals surface area contributed by atoms with Gasteiger partial charge in [0.15, 0.2) is 0 Å². The number of hydrogen-bond acceptors (Lipinski definition) is 4. The van der Waals surface area contributed by atoms with Crippen molar-refractivity contribution in [2.75, 3.05) is 25.6 Å². The number of methoxy groups -OCH3 is 1. The number of carbonyl (C=O) groups excluding carboxylic acids is 1. The first-order valence-electron chi connectivity index (χ1n) is 8.15. The Kier molecular flexibility index (Phi) is 5.79. The molecule has 5 nitrogen and oxygen atoms in total. The Labute approximate surface area is 151 Å². The van der Waals surface area contributed by atoms with Crippen molar-refractivity contribution in [1.82, 2.24) is 0 Å². The Morgan fingerprint density at radius 2 is 2.08 bits per heavy atom. The van der Waals surface area contributed by atoms with E-state index in [1.54, 1.807) is 49.6 Å². The smallest absolute Gasteiger partial charge is 0.255 e. The van der Waals surface area contributed by atoms with Crippen molar-refractivity contribution in [2.24, 2.45) is 0 Å². The number of ether oxygens (including phenoxy) is 3. The molecule has 1 atom stereocenters. The van der Waals surface area contributed by atoms with Gasteiger partial charge >= 0.3 is 0 Å². The molecule has 1 fully saturated rings. The van der Waals surface area contributed by atoms with Crippen LogP contribution in [0.2, 0.25) is 5.02 Å². The number of rotatable bonds is 6. The predicted molar refractivity (Wildman–Crippen MR) is 96.9 cm³/mol. The van der Waals surface area contributed by atoms with Gasteiger partial charge < -0.3 is 19.5 Å². The van der Waals surface area contributed by atoms with E-state index in [4.69, 9.17) is 25.8 Å². The molecule has 0 radical (unpaired) electrons. The summed E-state index contributed by atoms with van der Waals surface area (Å²) in [7, 11) is 1.54. The lowest BCUT2D eigenvalue weighted by Gasteiger charge is -2.12. The van der Waals surface area contributed by atoms with Crippen LogP contribution in [-0.4, -0.2) is 32.3 Å². The van der Waals surface area contributed by atoms with E-state index in [1.165, 1.54) is 0 Å². The molecule has 1 aliphatic heterocycles. The topological polar surface area (TPSA) is 56.8 Å². The zero-order valence-corrected chi connectivity index (χ0v) is 14.7. The highest BCUT2D eigenvalue weighted by Gasteiger charge is 2.16. The molecule has 0 spiro atoms. The minimum Gasteiger partial charge on any atom is -0.495 e. The van der Waals surface area contributed by atoms with Gasteiger partial charge in [-0.2, -0.15) is 0 Å². The van der Waals surface area contributed by atoms with Gasteiger partial charge in [0.2, 0.25) is 0 Å². The number of amides is 1. The zero-order valence-electron chi connectivity index (χ0n) is 14.0. The quantitative estimate of drug-likeness (QED) is 0.839. The van der Waals surface area contributed by atoms with Gasteiger partial charge in [-0.15, -0.1) is 0 Å². The third-order valence-corrected chi connectivity index (χ3v) is 4.22. The molecular formula is C19H20ClNO4. The molecule has 1 N–H and O–H groups in total. The Morgan fingerprint density at radius 3 is 2.76 bits per heavy atom. The Morgan fingerprint density at radius 1 is 1.28 bits per heavy atom. The van der Waals surface area contributed by atoms with Crippen LogP contribution < -0.4 is 14.8 Å². The molecule has 0 bridgehead atoms. The molecule has 2 aromatic rings. The Balaban J connectivity index is 1.61. The standard InChI is InChI=1S/C19H20ClNO4/c1-23-18-9-6-14(20)11-17(18)21-19(22)13-4-7-15(8-5-13)25-12-16-3-2-10-24-16/h4-9,11,16H,2-3,10,12H2,1H3,(H,21,22). The molecule has 25 heavy (non-hydrogen) atoms. The van der Waals surface area contributed by atoms with Crippen molar-refractivity contribution < 1.29 is 19.0 Å². The monoisotopic (exact) mass is 361 g/mol. The lowest BCUT2D eigenvalue weighted by atomic mass is 10.2. The van der Waals surface area contributed by atoms with E-state index in [2.05, 4.69) is 5.32 Å². The molecule has 132 valence electrons. The highest BCUT2D eigenvalue weighted by Crippen LogP contribution is 2.28. The molecule has 1 unspecified atom stereocenters. The molecule has 1 saturated heterocycles. The van der Waals surface area contributed by atoms with Crippen LogP contribution >= 0.6 is 11.6 Å². The van der Waals surface area contributed by atoms with E-state index < -0.39 is 0 Å². The maximum atomic E-state index is 12.4. The summed E-state index contributed by atoms with van der Waals surface area (Å²) in [5, 5.41) is 3.33. The first kappa shape index (κ1) is 17.6. The van der Waals surface area contributed by atoms with Gasteiger partial charge in [-0.25, -0.2) is 0 Å². The van der Waals surface area contributed by atoms with Crippen LogP contribution in [0.25, 0.3) is 0 Å². The minimum atomic E-state index is -0.244. The number of hydrogen-bond donors (Lipinski definition) is 1. The highest BCUT2D eigenvalue weighted by molar-refractivity contribution is 6.31. The number of nitrogens with one attached hydrogen (secondary N) is 1. The summed E-state index contributed by atoms with van der Waals surface area (Å²) in [4.78, 5) is 12.4. The summed E-state index contributed by atoms with van der Waals surface area (Å²) in [6.07, 6.45) is 2.28. The first-order valence-corrected chi connectivity index (χ1v) is 8.53. The average Bonchev–Trinajstić information content (AvgIpc) is 3.14. The number of carbonyl (C=O) groups is 1. The number of benzene rings is 2. The second kappa shape index (κ2) is 8.23. The molecule has 0 aromatic heterocycles. The van der Waals surface area contributed by atoms with Gasteiger partial charge in [0.1, 0.15) is 18.1 Å². The van der Waals surface area contributed by atoms with E-state index in [1.807, 2.05) is 0 Å². The van der Waals surface area contributed by atoms with E-state index in [-0.39, 0.29) is 12.0 Å². The second-order valence-electron chi connectivity index (χ2n) is 5.77. The molecule has 2 aromatic carbocycles. The van der Waals surface area contributed by atoms with E-state index in [9.17, 15) is 4.79 Å². The van der Waals surface area contributed by atoms with Crippen molar-refractivity contribution in [1.29, 1.82) is 0 Å². The summed E-state index contributed by atoms with van der Waals surface area (Å²) in [6.45, 7) is 1.34. The molecule has 1 heterocycles. The van der Waals surface area contributed by atoms with Crippen molar-refractivity contribution in [3.8, 4) is 11.5 Å². The molecule has 1 amide bonds. The van der Waals surface area contributed by atoms with Crippen molar-refractivity contribution in [2.45, 2.75) is 18.9 Å². The van der Waals surface area contributed by atoms with Gasteiger partial charge in [0.05, 0.1) is 18.9 Å². The van der Waals surface area contributed by atoms with Gasteiger partial charge in [-0.1, -0.05) is 11.6 Å². The number of anilines is 1. The zero-order chi connectivity index (χ0) is 17.6. The molecular weight excluding hydrogens is 342 g/mol. The maximum absolute atomic E-state index is 12.4. The average molecular weight is 362 g/mol. The fraction of sp³-hybridized carbons (Fsp3) is 0.316. The molecule has 0 saturated carbocycles. The lowest BCUT2D eigenvalue weighted by molar-refractivity contribution is 0.0679. The van der Waals surface area contributed by atoms with Crippen LogP contribution in [0.4, 0.5) is 5.69 Å². The molecule has 6 heteroatoms. The van der Waals surface area contributed by atoms with Gasteiger partial charge in [0, 0.05) is 17.2 Å². The molecule has 1 aliphatic rings. The van der Waals surface area contributed by atoms with Crippen molar-refractivity contribution >= 4 is 23.2 Å². The number of halogens is 1. The van der Waals surface area contributed by atoms with Gasteiger partial charge in [0.25, 0.3) is 5.91 Å². The summed E-state index contributed by atoms with van der Waals surface area (Å²) in [6, 6.07) is 12.1. The highest BCUT2D eigenvalue weighted by atomic mass is 35.5. The summed E-state index contributed by atoms with van der Waals surface area (Å²) < 4.78 is 16.5.